The molecule has 1 N–H and O–H groups in total. The predicted octanol–water partition coefficient (Wildman–Crippen LogP) is 2.91. The van der Waals surface area contributed by atoms with E-state index in [2.05, 4.69) is 14.9 Å². The van der Waals surface area contributed by atoms with Gasteiger partial charge in [0.25, 0.3) is 15.9 Å². The van der Waals surface area contributed by atoms with Crippen molar-refractivity contribution in [1.82, 2.24) is 14.9 Å². The molecule has 24 heavy (non-hydrogen) atoms. The molecule has 2 aromatic rings. The fourth-order valence-corrected chi connectivity index (χ4v) is 5.28. The zero-order valence-electron chi connectivity index (χ0n) is 13.5. The average Bonchev–Trinajstić information content (AvgIpc) is 3.15. The normalized spacial score (nSPS) is 16.2. The summed E-state index contributed by atoms with van der Waals surface area (Å²) >= 11 is 1.42. The van der Waals surface area contributed by atoms with Gasteiger partial charge >= 0.3 is 0 Å². The van der Waals surface area contributed by atoms with Crippen molar-refractivity contribution >= 4 is 27.3 Å². The van der Waals surface area contributed by atoms with Crippen LogP contribution in [0.2, 0.25) is 0 Å². The molecule has 0 spiro atoms. The molecule has 0 saturated heterocycles. The lowest BCUT2D eigenvalue weighted by molar-refractivity contribution is 0.0977. The van der Waals surface area contributed by atoms with E-state index < -0.39 is 15.9 Å². The summed E-state index contributed by atoms with van der Waals surface area (Å²) in [5, 5.41) is 6.13. The van der Waals surface area contributed by atoms with Gasteiger partial charge in [0.05, 0.1) is 5.01 Å². The molecular weight excluding hydrogens is 350 g/mol. The Kier molecular flexibility index (Phi) is 4.73. The van der Waals surface area contributed by atoms with Gasteiger partial charge in [-0.2, -0.15) is 0 Å². The molecule has 0 aromatic carbocycles. The number of thiazole rings is 1. The number of aromatic nitrogens is 2. The van der Waals surface area contributed by atoms with E-state index >= 15 is 0 Å². The zero-order chi connectivity index (χ0) is 17.3. The highest BCUT2D eigenvalue weighted by Gasteiger charge is 2.28. The maximum atomic E-state index is 12.4. The Balaban J connectivity index is 1.76. The van der Waals surface area contributed by atoms with E-state index in [9.17, 15) is 13.2 Å². The third-order valence-electron chi connectivity index (χ3n) is 4.17. The Labute approximate surface area is 144 Å². The maximum absolute atomic E-state index is 12.4. The highest BCUT2D eigenvalue weighted by Crippen LogP contribution is 2.34. The number of hydrogen-bond donors (Lipinski definition) is 1. The molecule has 0 atom stereocenters. The summed E-state index contributed by atoms with van der Waals surface area (Å²) in [6, 6.07) is 0. The van der Waals surface area contributed by atoms with E-state index in [1.807, 2.05) is 0 Å². The highest BCUT2D eigenvalue weighted by molar-refractivity contribution is 7.90. The maximum Gasteiger partial charge on any atom is 0.284 e. The molecule has 1 fully saturated rings. The molecule has 9 heteroatoms. The Bertz CT molecular complexity index is 828. The van der Waals surface area contributed by atoms with Gasteiger partial charge < -0.3 is 4.52 Å². The second-order valence-electron chi connectivity index (χ2n) is 5.99. The van der Waals surface area contributed by atoms with Gasteiger partial charge in [-0.15, -0.1) is 11.3 Å². The predicted molar refractivity (Wildman–Crippen MR) is 88.6 cm³/mol. The van der Waals surface area contributed by atoms with Gasteiger partial charge in [0.1, 0.15) is 11.4 Å². The number of sulfonamides is 1. The summed E-state index contributed by atoms with van der Waals surface area (Å²) in [4.78, 5) is 16.5. The van der Waals surface area contributed by atoms with Crippen LogP contribution in [0.15, 0.2) is 14.8 Å². The van der Waals surface area contributed by atoms with Crippen LogP contribution in [0.3, 0.4) is 0 Å². The van der Waals surface area contributed by atoms with Gasteiger partial charge in [0.15, 0.2) is 10.7 Å². The van der Waals surface area contributed by atoms with Gasteiger partial charge in [-0.25, -0.2) is 18.1 Å². The highest BCUT2D eigenvalue weighted by atomic mass is 32.2. The van der Waals surface area contributed by atoms with E-state index in [0.717, 1.165) is 17.8 Å². The minimum absolute atomic E-state index is 0.0985. The molecule has 1 aliphatic carbocycles. The van der Waals surface area contributed by atoms with Crippen LogP contribution in [-0.4, -0.2) is 24.5 Å². The average molecular weight is 369 g/mol. The number of hydrogen-bond acceptors (Lipinski definition) is 7. The van der Waals surface area contributed by atoms with Crippen molar-refractivity contribution in [2.75, 3.05) is 0 Å². The number of carbonyl (C=O) groups is 1. The van der Waals surface area contributed by atoms with Gasteiger partial charge in [-0.3, -0.25) is 4.79 Å². The van der Waals surface area contributed by atoms with E-state index in [1.54, 1.807) is 5.38 Å². The van der Waals surface area contributed by atoms with Crippen LogP contribution in [0.4, 0.5) is 0 Å². The molecule has 130 valence electrons. The smallest absolute Gasteiger partial charge is 0.284 e. The lowest BCUT2D eigenvalue weighted by atomic mass is 9.90. The van der Waals surface area contributed by atoms with Crippen molar-refractivity contribution in [2.24, 2.45) is 0 Å². The monoisotopic (exact) mass is 369 g/mol. The standard InChI is InChI=1S/C15H19N3O4S2/c1-9-13(10(2)22-17-9)24(20,21)18-14(19)12-8-23-15(16-12)11-6-4-3-5-7-11/h8,11H,3-7H2,1-2H3,(H,18,19). The second-order valence-corrected chi connectivity index (χ2v) is 8.50. The van der Waals surface area contributed by atoms with Crippen molar-refractivity contribution in [3.05, 3.63) is 27.5 Å². The number of aryl methyl sites for hydroxylation is 2. The Hall–Kier alpha value is -1.74. The molecule has 1 aliphatic rings. The molecule has 1 amide bonds. The minimum Gasteiger partial charge on any atom is -0.360 e. The first-order valence-electron chi connectivity index (χ1n) is 7.84. The largest absolute Gasteiger partial charge is 0.360 e. The number of carbonyl (C=O) groups excluding carboxylic acids is 1. The van der Waals surface area contributed by atoms with Crippen LogP contribution < -0.4 is 4.72 Å². The minimum atomic E-state index is -4.03. The van der Waals surface area contributed by atoms with Crippen LogP contribution in [0.25, 0.3) is 0 Å². The van der Waals surface area contributed by atoms with Gasteiger partial charge in [0.2, 0.25) is 0 Å². The van der Waals surface area contributed by atoms with E-state index in [1.165, 1.54) is 44.4 Å². The fraction of sp³-hybridized carbons (Fsp3) is 0.533. The quantitative estimate of drug-likeness (QED) is 0.889. The summed E-state index contributed by atoms with van der Waals surface area (Å²) in [6.07, 6.45) is 5.74. The molecule has 3 rings (SSSR count). The Morgan fingerprint density at radius 1 is 1.29 bits per heavy atom. The molecule has 0 unspecified atom stereocenters. The van der Waals surface area contributed by atoms with Crippen LogP contribution in [0.5, 0.6) is 0 Å². The molecular formula is C15H19N3O4S2. The van der Waals surface area contributed by atoms with Crippen molar-refractivity contribution < 1.29 is 17.7 Å². The summed E-state index contributed by atoms with van der Waals surface area (Å²) in [5.74, 6) is -0.202. The van der Waals surface area contributed by atoms with Crippen LogP contribution in [-0.2, 0) is 10.0 Å². The molecule has 2 heterocycles. The van der Waals surface area contributed by atoms with Crippen molar-refractivity contribution in [3.63, 3.8) is 0 Å². The number of amides is 1. The SMILES string of the molecule is Cc1noc(C)c1S(=O)(=O)NC(=O)c1csc(C2CCCCC2)n1. The van der Waals surface area contributed by atoms with Crippen LogP contribution >= 0.6 is 11.3 Å². The van der Waals surface area contributed by atoms with Crippen LogP contribution in [0, 0.1) is 13.8 Å². The van der Waals surface area contributed by atoms with Gasteiger partial charge in [-0.1, -0.05) is 24.4 Å². The number of rotatable bonds is 4. The molecule has 2 aromatic heterocycles. The fourth-order valence-electron chi connectivity index (χ4n) is 3.01. The second kappa shape index (κ2) is 6.64. The summed E-state index contributed by atoms with van der Waals surface area (Å²) in [6.45, 7) is 3.00. The van der Waals surface area contributed by atoms with E-state index in [4.69, 9.17) is 4.52 Å². The first-order chi connectivity index (χ1) is 11.4. The first kappa shape index (κ1) is 17.1. The lowest BCUT2D eigenvalue weighted by Gasteiger charge is -2.18. The Morgan fingerprint density at radius 3 is 2.62 bits per heavy atom. The number of nitrogens with one attached hydrogen (secondary N) is 1. The topological polar surface area (TPSA) is 102 Å². The Morgan fingerprint density at radius 2 is 2.00 bits per heavy atom. The van der Waals surface area contributed by atoms with E-state index in [-0.39, 0.29) is 22.0 Å². The lowest BCUT2D eigenvalue weighted by Crippen LogP contribution is -2.31. The summed E-state index contributed by atoms with van der Waals surface area (Å²) < 4.78 is 31.7. The summed E-state index contributed by atoms with van der Waals surface area (Å²) in [5.41, 5.74) is 0.352. The van der Waals surface area contributed by atoms with Gasteiger partial charge in [-0.05, 0) is 26.7 Å². The van der Waals surface area contributed by atoms with E-state index in [0.29, 0.717) is 5.92 Å². The molecule has 0 aliphatic heterocycles. The van der Waals surface area contributed by atoms with Gasteiger partial charge in [0, 0.05) is 11.3 Å². The molecule has 1 saturated carbocycles. The van der Waals surface area contributed by atoms with Crippen molar-refractivity contribution in [1.29, 1.82) is 0 Å². The number of nitrogens with zero attached hydrogens (tertiary/aromatic N) is 2. The van der Waals surface area contributed by atoms with Crippen molar-refractivity contribution in [2.45, 2.75) is 56.8 Å². The first-order valence-corrected chi connectivity index (χ1v) is 10.2. The third kappa shape index (κ3) is 3.36. The molecule has 7 nitrogen and oxygen atoms in total. The summed E-state index contributed by atoms with van der Waals surface area (Å²) in [7, 11) is -4.03. The zero-order valence-corrected chi connectivity index (χ0v) is 15.2. The molecule has 0 bridgehead atoms. The van der Waals surface area contributed by atoms with Crippen LogP contribution in [0.1, 0.15) is 65.0 Å². The third-order valence-corrected chi connectivity index (χ3v) is 6.75. The molecule has 0 radical (unpaired) electrons. The van der Waals surface area contributed by atoms with Crippen molar-refractivity contribution in [3.8, 4) is 0 Å².